The summed E-state index contributed by atoms with van der Waals surface area (Å²) >= 11 is 9.43. The van der Waals surface area contributed by atoms with Crippen LogP contribution in [0.25, 0.3) is 10.2 Å². The van der Waals surface area contributed by atoms with Crippen LogP contribution in [0.15, 0.2) is 11.4 Å². The topological polar surface area (TPSA) is 25.8 Å². The van der Waals surface area contributed by atoms with E-state index in [2.05, 4.69) is 30.1 Å². The van der Waals surface area contributed by atoms with Gasteiger partial charge in [-0.2, -0.15) is 11.8 Å². The van der Waals surface area contributed by atoms with E-state index in [0.717, 1.165) is 16.0 Å². The number of rotatable bonds is 2. The molecular weight excluding hydrogens is 248 g/mol. The summed E-state index contributed by atoms with van der Waals surface area (Å²) in [6, 6.07) is 1.96. The fraction of sp³-hybridized carbons (Fsp3) is 0.400. The van der Waals surface area contributed by atoms with Gasteiger partial charge in [0.1, 0.15) is 15.8 Å². The lowest BCUT2D eigenvalue weighted by Crippen LogP contribution is -2.15. The second kappa shape index (κ2) is 3.92. The van der Waals surface area contributed by atoms with Gasteiger partial charge in [-0.3, -0.25) is 0 Å². The molecule has 0 N–H and O–H groups in total. The minimum absolute atomic E-state index is 0.0954. The normalized spacial score (nSPS) is 12.3. The van der Waals surface area contributed by atoms with Gasteiger partial charge in [-0.1, -0.05) is 11.6 Å². The maximum absolute atomic E-state index is 6.11. The molecular formula is C10H11ClN2S2. The molecule has 2 aromatic heterocycles. The SMILES string of the molecule is CSC(C)(C)c1nc(Cl)c2ccsc2n1. The van der Waals surface area contributed by atoms with Crippen molar-refractivity contribution in [2.45, 2.75) is 18.6 Å². The highest BCUT2D eigenvalue weighted by Gasteiger charge is 2.24. The molecule has 0 saturated carbocycles. The molecule has 0 aromatic carbocycles. The first-order valence-corrected chi connectivity index (χ1v) is 6.99. The van der Waals surface area contributed by atoms with Crippen LogP contribution in [0.1, 0.15) is 19.7 Å². The van der Waals surface area contributed by atoms with Crippen LogP contribution < -0.4 is 0 Å². The van der Waals surface area contributed by atoms with E-state index < -0.39 is 0 Å². The van der Waals surface area contributed by atoms with Gasteiger partial charge in [0.05, 0.1) is 4.75 Å². The predicted molar refractivity (Wildman–Crippen MR) is 69.0 cm³/mol. The van der Waals surface area contributed by atoms with E-state index in [9.17, 15) is 0 Å². The van der Waals surface area contributed by atoms with E-state index in [1.807, 2.05) is 11.4 Å². The molecule has 0 amide bonds. The highest BCUT2D eigenvalue weighted by molar-refractivity contribution is 7.99. The van der Waals surface area contributed by atoms with Crippen molar-refractivity contribution in [3.63, 3.8) is 0 Å². The van der Waals surface area contributed by atoms with Gasteiger partial charge in [-0.05, 0) is 31.5 Å². The van der Waals surface area contributed by atoms with E-state index in [1.165, 1.54) is 0 Å². The van der Waals surface area contributed by atoms with Crippen molar-refractivity contribution in [1.82, 2.24) is 9.97 Å². The molecule has 0 spiro atoms. The summed E-state index contributed by atoms with van der Waals surface area (Å²) in [7, 11) is 0. The lowest BCUT2D eigenvalue weighted by molar-refractivity contribution is 0.717. The zero-order valence-corrected chi connectivity index (χ0v) is 11.1. The highest BCUT2D eigenvalue weighted by atomic mass is 35.5. The molecule has 15 heavy (non-hydrogen) atoms. The van der Waals surface area contributed by atoms with Crippen molar-refractivity contribution in [3.8, 4) is 0 Å². The quantitative estimate of drug-likeness (QED) is 0.763. The average Bonchev–Trinajstić information content (AvgIpc) is 2.66. The van der Waals surface area contributed by atoms with Crippen molar-refractivity contribution in [1.29, 1.82) is 0 Å². The molecule has 2 rings (SSSR count). The number of hydrogen-bond acceptors (Lipinski definition) is 4. The van der Waals surface area contributed by atoms with Gasteiger partial charge < -0.3 is 0 Å². The molecule has 80 valence electrons. The van der Waals surface area contributed by atoms with Crippen LogP contribution in [0, 0.1) is 0 Å². The Kier molecular flexibility index (Phi) is 2.92. The Hall–Kier alpha value is -0.320. The van der Waals surface area contributed by atoms with E-state index in [-0.39, 0.29) is 4.75 Å². The second-order valence-electron chi connectivity index (χ2n) is 3.69. The Labute approximate surface area is 102 Å². The van der Waals surface area contributed by atoms with Gasteiger partial charge >= 0.3 is 0 Å². The van der Waals surface area contributed by atoms with Crippen molar-refractivity contribution >= 4 is 44.9 Å². The Bertz CT molecular complexity index is 493. The number of halogens is 1. The largest absolute Gasteiger partial charge is 0.220 e. The molecule has 0 atom stereocenters. The lowest BCUT2D eigenvalue weighted by Gasteiger charge is -2.19. The number of aromatic nitrogens is 2. The third kappa shape index (κ3) is 1.98. The molecule has 2 aromatic rings. The minimum Gasteiger partial charge on any atom is -0.220 e. The summed E-state index contributed by atoms with van der Waals surface area (Å²) in [5, 5.41) is 3.49. The molecule has 0 radical (unpaired) electrons. The van der Waals surface area contributed by atoms with Crippen LogP contribution >= 0.6 is 34.7 Å². The zero-order valence-electron chi connectivity index (χ0n) is 8.74. The lowest BCUT2D eigenvalue weighted by atomic mass is 10.2. The molecule has 0 aliphatic rings. The zero-order chi connectivity index (χ0) is 11.1. The van der Waals surface area contributed by atoms with Crippen LogP contribution in [-0.4, -0.2) is 16.2 Å². The van der Waals surface area contributed by atoms with Crippen LogP contribution in [0.4, 0.5) is 0 Å². The number of fused-ring (bicyclic) bond motifs is 1. The highest BCUT2D eigenvalue weighted by Crippen LogP contribution is 2.34. The summed E-state index contributed by atoms with van der Waals surface area (Å²) in [5.74, 6) is 0.801. The number of thioether (sulfide) groups is 1. The molecule has 0 aliphatic carbocycles. The summed E-state index contributed by atoms with van der Waals surface area (Å²) in [6.07, 6.45) is 2.05. The van der Waals surface area contributed by atoms with Gasteiger partial charge in [0.25, 0.3) is 0 Å². The first-order chi connectivity index (χ1) is 7.04. The Morgan fingerprint density at radius 1 is 1.40 bits per heavy atom. The van der Waals surface area contributed by atoms with Gasteiger partial charge in [0.2, 0.25) is 0 Å². The van der Waals surface area contributed by atoms with E-state index in [0.29, 0.717) is 5.15 Å². The molecule has 0 aliphatic heterocycles. The number of thiophene rings is 1. The van der Waals surface area contributed by atoms with Crippen molar-refractivity contribution in [2.75, 3.05) is 6.26 Å². The third-order valence-electron chi connectivity index (χ3n) is 2.33. The van der Waals surface area contributed by atoms with Gasteiger partial charge in [0.15, 0.2) is 0 Å². The number of hydrogen-bond donors (Lipinski definition) is 0. The Balaban J connectivity index is 2.63. The van der Waals surface area contributed by atoms with Crippen LogP contribution in [-0.2, 0) is 4.75 Å². The summed E-state index contributed by atoms with van der Waals surface area (Å²) in [5.41, 5.74) is 0. The molecule has 2 nitrogen and oxygen atoms in total. The minimum atomic E-state index is -0.0954. The Morgan fingerprint density at radius 2 is 2.13 bits per heavy atom. The maximum atomic E-state index is 6.11. The first kappa shape index (κ1) is 11.2. The summed E-state index contributed by atoms with van der Waals surface area (Å²) < 4.78 is -0.0954. The summed E-state index contributed by atoms with van der Waals surface area (Å²) in [6.45, 7) is 4.20. The van der Waals surface area contributed by atoms with Crippen LogP contribution in [0.2, 0.25) is 5.15 Å². The molecule has 0 fully saturated rings. The van der Waals surface area contributed by atoms with Crippen LogP contribution in [0.5, 0.6) is 0 Å². The fourth-order valence-corrected chi connectivity index (χ4v) is 2.51. The molecule has 0 unspecified atom stereocenters. The molecule has 0 bridgehead atoms. The van der Waals surface area contributed by atoms with Crippen molar-refractivity contribution in [2.24, 2.45) is 0 Å². The molecule has 0 saturated heterocycles. The van der Waals surface area contributed by atoms with E-state index >= 15 is 0 Å². The number of nitrogens with zero attached hydrogens (tertiary/aromatic N) is 2. The monoisotopic (exact) mass is 258 g/mol. The second-order valence-corrected chi connectivity index (χ2v) is 6.37. The van der Waals surface area contributed by atoms with Gasteiger partial charge in [0, 0.05) is 5.39 Å². The van der Waals surface area contributed by atoms with E-state index in [4.69, 9.17) is 11.6 Å². The predicted octanol–water partition coefficient (Wildman–Crippen LogP) is 3.94. The third-order valence-corrected chi connectivity index (χ3v) is 4.63. The van der Waals surface area contributed by atoms with Gasteiger partial charge in [-0.15, -0.1) is 11.3 Å². The average molecular weight is 259 g/mol. The summed E-state index contributed by atoms with van der Waals surface area (Å²) in [4.78, 5) is 9.86. The van der Waals surface area contributed by atoms with E-state index in [1.54, 1.807) is 23.1 Å². The fourth-order valence-electron chi connectivity index (χ4n) is 1.18. The molecule has 5 heteroatoms. The maximum Gasteiger partial charge on any atom is 0.147 e. The first-order valence-electron chi connectivity index (χ1n) is 4.51. The van der Waals surface area contributed by atoms with Crippen molar-refractivity contribution in [3.05, 3.63) is 22.4 Å². The molecule has 2 heterocycles. The van der Waals surface area contributed by atoms with Crippen LogP contribution in [0.3, 0.4) is 0 Å². The van der Waals surface area contributed by atoms with Crippen molar-refractivity contribution < 1.29 is 0 Å². The van der Waals surface area contributed by atoms with Gasteiger partial charge in [-0.25, -0.2) is 9.97 Å². The standard InChI is InChI=1S/C10H11ClN2S2/c1-10(2,14-3)9-12-7(11)6-4-5-15-8(6)13-9/h4-5H,1-3H3. The Morgan fingerprint density at radius 3 is 2.80 bits per heavy atom. The smallest absolute Gasteiger partial charge is 0.147 e.